The quantitative estimate of drug-likeness (QED) is 0.166. The largest absolute Gasteiger partial charge is 0.454 e. The monoisotopic (exact) mass is 783 g/mol. The van der Waals surface area contributed by atoms with Gasteiger partial charge in [0.2, 0.25) is 0 Å². The van der Waals surface area contributed by atoms with Crippen molar-refractivity contribution in [1.29, 1.82) is 0 Å². The molecule has 1 aromatic heterocycles. The third-order valence-corrected chi connectivity index (χ3v) is 13.6. The lowest BCUT2D eigenvalue weighted by Crippen LogP contribution is -2.32. The highest BCUT2D eigenvalue weighted by atomic mass is 79.9. The average molecular weight is 785 g/mol. The second-order valence-corrected chi connectivity index (χ2v) is 16.5. The van der Waals surface area contributed by atoms with E-state index >= 15 is 0 Å². The van der Waals surface area contributed by atoms with Crippen LogP contribution in [-0.2, 0) is 5.41 Å². The summed E-state index contributed by atoms with van der Waals surface area (Å²) in [6, 6.07) is 66.6. The van der Waals surface area contributed by atoms with Gasteiger partial charge in [0.25, 0.3) is 0 Å². The van der Waals surface area contributed by atoms with Crippen molar-refractivity contribution in [3.63, 3.8) is 0 Å². The molecule has 0 radical (unpaired) electrons. The van der Waals surface area contributed by atoms with Crippen molar-refractivity contribution < 1.29 is 4.74 Å². The van der Waals surface area contributed by atoms with Gasteiger partial charge in [-0.3, -0.25) is 0 Å². The number of halogens is 1. The fourth-order valence-electron chi connectivity index (χ4n) is 9.52. The van der Waals surface area contributed by atoms with Crippen LogP contribution in [0.5, 0.6) is 11.5 Å². The maximum atomic E-state index is 7.21. The molecule has 1 aliphatic heterocycles. The molecule has 0 saturated carbocycles. The van der Waals surface area contributed by atoms with Crippen LogP contribution in [0.3, 0.4) is 0 Å². The first-order valence-electron chi connectivity index (χ1n) is 18.6. The summed E-state index contributed by atoms with van der Waals surface area (Å²) in [6.07, 6.45) is 0. The van der Waals surface area contributed by atoms with Gasteiger partial charge in [-0.15, -0.1) is 11.3 Å². The number of fused-ring (bicyclic) bond motifs is 15. The van der Waals surface area contributed by atoms with Crippen molar-refractivity contribution >= 4 is 86.0 Å². The van der Waals surface area contributed by atoms with Gasteiger partial charge in [0, 0.05) is 47.1 Å². The normalized spacial score (nSPS) is 13.5. The molecule has 12 rings (SSSR count). The molecule has 258 valence electrons. The van der Waals surface area contributed by atoms with Crippen LogP contribution in [0.25, 0.3) is 52.8 Å². The first kappa shape index (κ1) is 31.2. The molecule has 2 aliphatic rings. The van der Waals surface area contributed by atoms with Gasteiger partial charge in [-0.2, -0.15) is 0 Å². The van der Waals surface area contributed by atoms with E-state index in [1.54, 1.807) is 0 Å². The van der Waals surface area contributed by atoms with Gasteiger partial charge in [0.15, 0.2) is 5.75 Å². The van der Waals surface area contributed by atoms with Crippen LogP contribution in [0.2, 0.25) is 0 Å². The molecule has 2 heterocycles. The van der Waals surface area contributed by atoms with Gasteiger partial charge in [-0.1, -0.05) is 143 Å². The highest BCUT2D eigenvalue weighted by molar-refractivity contribution is 9.10. The molecule has 0 bridgehead atoms. The highest BCUT2D eigenvalue weighted by Gasteiger charge is 2.51. The Hall–Kier alpha value is -6.20. The number of hydrogen-bond acceptors (Lipinski definition) is 3. The minimum Gasteiger partial charge on any atom is -0.454 e. The highest BCUT2D eigenvalue weighted by Crippen LogP contribution is 2.64. The molecule has 4 heteroatoms. The third kappa shape index (κ3) is 4.29. The topological polar surface area (TPSA) is 12.5 Å². The molecule has 2 nitrogen and oxygen atoms in total. The van der Waals surface area contributed by atoms with E-state index in [2.05, 4.69) is 203 Å². The molecule has 0 N–H and O–H groups in total. The molecule has 0 fully saturated rings. The Morgan fingerprint density at radius 1 is 0.473 bits per heavy atom. The number of thiophene rings is 1. The first-order valence-corrected chi connectivity index (χ1v) is 20.2. The summed E-state index contributed by atoms with van der Waals surface area (Å²) in [6.45, 7) is 0. The summed E-state index contributed by atoms with van der Waals surface area (Å²) in [7, 11) is 0. The zero-order valence-electron chi connectivity index (χ0n) is 29.5. The standard InChI is InChI=1S/C51H30BrNOS/c52-44-19-10-22-48-49(44)39-30-34(26-28-47(39)55-48)53(33-25-27-36-32(29-33)24-23-31-11-1-2-12-35(31)36)45-20-9-18-43-50(45)54-46-21-8-7-17-42(46)51(43)40-15-5-3-13-37(40)38-14-4-6-16-41(38)51/h1-30H. The second kappa shape index (κ2) is 11.6. The number of ether oxygens (including phenoxy) is 1. The Morgan fingerprint density at radius 3 is 1.98 bits per heavy atom. The Balaban J connectivity index is 1.17. The molecule has 0 atom stereocenters. The van der Waals surface area contributed by atoms with E-state index < -0.39 is 5.41 Å². The summed E-state index contributed by atoms with van der Waals surface area (Å²) in [5.41, 5.74) is 9.98. The van der Waals surface area contributed by atoms with Gasteiger partial charge in [-0.25, -0.2) is 0 Å². The van der Waals surface area contributed by atoms with Gasteiger partial charge in [0.05, 0.1) is 11.1 Å². The fraction of sp³-hybridized carbons (Fsp3) is 0.0196. The van der Waals surface area contributed by atoms with E-state index in [1.165, 1.54) is 64.0 Å². The Kier molecular flexibility index (Phi) is 6.60. The number of hydrogen-bond donors (Lipinski definition) is 0. The molecule has 0 amide bonds. The predicted molar refractivity (Wildman–Crippen MR) is 234 cm³/mol. The van der Waals surface area contributed by atoms with Gasteiger partial charge < -0.3 is 9.64 Å². The van der Waals surface area contributed by atoms with Crippen molar-refractivity contribution in [3.05, 3.63) is 209 Å². The van der Waals surface area contributed by atoms with Gasteiger partial charge in [0.1, 0.15) is 5.75 Å². The number of benzene rings is 9. The second-order valence-electron chi connectivity index (χ2n) is 14.5. The number of nitrogens with zero attached hydrogens (tertiary/aromatic N) is 1. The summed E-state index contributed by atoms with van der Waals surface area (Å²) in [5, 5.41) is 7.40. The van der Waals surface area contributed by atoms with E-state index in [4.69, 9.17) is 4.74 Å². The van der Waals surface area contributed by atoms with Crippen molar-refractivity contribution in [2.45, 2.75) is 5.41 Å². The van der Waals surface area contributed by atoms with Gasteiger partial charge >= 0.3 is 0 Å². The molecular formula is C51H30BrNOS. The average Bonchev–Trinajstić information content (AvgIpc) is 3.76. The first-order chi connectivity index (χ1) is 27.2. The summed E-state index contributed by atoms with van der Waals surface area (Å²) in [4.78, 5) is 2.40. The molecule has 1 aliphatic carbocycles. The molecule has 55 heavy (non-hydrogen) atoms. The maximum Gasteiger partial charge on any atom is 0.156 e. The SMILES string of the molecule is Brc1cccc2sc3ccc(N(c4ccc5c(ccc6ccccc65)c4)c4cccc5c4Oc4ccccc4C54c5ccccc5-c5ccccc54)cc3c12. The van der Waals surface area contributed by atoms with Crippen LogP contribution in [0.15, 0.2) is 186 Å². The van der Waals surface area contributed by atoms with Crippen molar-refractivity contribution in [3.8, 4) is 22.6 Å². The number of para-hydroxylation sites is 2. The number of anilines is 3. The van der Waals surface area contributed by atoms with Crippen LogP contribution in [0.4, 0.5) is 17.1 Å². The van der Waals surface area contributed by atoms with Crippen LogP contribution < -0.4 is 9.64 Å². The minimum atomic E-state index is -0.556. The summed E-state index contributed by atoms with van der Waals surface area (Å²) < 4.78 is 10.8. The lowest BCUT2D eigenvalue weighted by atomic mass is 9.66. The molecule has 0 unspecified atom stereocenters. The smallest absolute Gasteiger partial charge is 0.156 e. The van der Waals surface area contributed by atoms with Crippen molar-refractivity contribution in [1.82, 2.24) is 0 Å². The fourth-order valence-corrected chi connectivity index (χ4v) is 11.3. The van der Waals surface area contributed by atoms with Crippen LogP contribution in [0, 0.1) is 0 Å². The van der Waals surface area contributed by atoms with Gasteiger partial charge in [-0.05, 0) is 98.4 Å². The van der Waals surface area contributed by atoms with Crippen molar-refractivity contribution in [2.75, 3.05) is 4.90 Å². The lowest BCUT2D eigenvalue weighted by molar-refractivity contribution is 0.437. The molecule has 1 spiro atoms. The van der Waals surface area contributed by atoms with Crippen molar-refractivity contribution in [2.24, 2.45) is 0 Å². The van der Waals surface area contributed by atoms with Crippen LogP contribution >= 0.6 is 27.3 Å². The van der Waals surface area contributed by atoms with Crippen LogP contribution in [0.1, 0.15) is 22.3 Å². The number of rotatable bonds is 3. The zero-order valence-corrected chi connectivity index (χ0v) is 31.9. The molecule has 0 saturated heterocycles. The van der Waals surface area contributed by atoms with E-state index in [0.29, 0.717) is 0 Å². The summed E-state index contributed by atoms with van der Waals surface area (Å²) in [5.74, 6) is 1.74. The summed E-state index contributed by atoms with van der Waals surface area (Å²) >= 11 is 5.73. The third-order valence-electron chi connectivity index (χ3n) is 11.8. The Bertz CT molecular complexity index is 3190. The van der Waals surface area contributed by atoms with E-state index in [-0.39, 0.29) is 0 Å². The minimum absolute atomic E-state index is 0.556. The molecular weight excluding hydrogens is 755 g/mol. The Morgan fingerprint density at radius 2 is 1.13 bits per heavy atom. The maximum absolute atomic E-state index is 7.21. The van der Waals surface area contributed by atoms with E-state index in [1.807, 2.05) is 11.3 Å². The predicted octanol–water partition coefficient (Wildman–Crippen LogP) is 15.1. The molecule has 10 aromatic rings. The zero-order chi connectivity index (χ0) is 36.3. The Labute approximate surface area is 330 Å². The van der Waals surface area contributed by atoms with E-state index in [0.717, 1.165) is 44.2 Å². The van der Waals surface area contributed by atoms with E-state index in [9.17, 15) is 0 Å². The molecule has 9 aromatic carbocycles. The van der Waals surface area contributed by atoms with Crippen LogP contribution in [-0.4, -0.2) is 0 Å². The lowest BCUT2D eigenvalue weighted by Gasteiger charge is -2.41.